The van der Waals surface area contributed by atoms with Crippen molar-refractivity contribution in [3.63, 3.8) is 0 Å². The van der Waals surface area contributed by atoms with Gasteiger partial charge in [-0.3, -0.25) is 4.57 Å². The molecule has 12 aromatic rings. The second-order valence-electron chi connectivity index (χ2n) is 21.0. The Morgan fingerprint density at radius 1 is 0.360 bits per heavy atom. The Bertz CT molecular complexity index is 4160. The number of rotatable bonds is 8. The average molecular weight is 958 g/mol. The molecule has 0 N–H and O–H groups in total. The maximum atomic E-state index is 5.16. The van der Waals surface area contributed by atoms with Crippen LogP contribution < -0.4 is 4.90 Å². The molecule has 4 aliphatic rings. The minimum atomic E-state index is -0.140. The number of fused-ring (bicyclic) bond motifs is 4. The van der Waals surface area contributed by atoms with Crippen molar-refractivity contribution in [2.75, 3.05) is 4.90 Å². The summed E-state index contributed by atoms with van der Waals surface area (Å²) in [4.78, 5) is 7.62. The molecular weight excluding hydrogens is 907 g/mol. The van der Waals surface area contributed by atoms with Crippen LogP contribution in [0.1, 0.15) is 70.2 Å². The number of nitrogens with zero attached hydrogens (tertiary/aromatic N) is 3. The third-order valence-electron chi connectivity index (χ3n) is 16.6. The molecule has 75 heavy (non-hydrogen) atoms. The molecule has 0 unspecified atom stereocenters. The molecule has 0 saturated carbocycles. The smallest absolute Gasteiger partial charge is 0.145 e. The quantitative estimate of drug-likeness (QED) is 0.151. The van der Waals surface area contributed by atoms with E-state index in [1.54, 1.807) is 0 Å². The largest absolute Gasteiger partial charge is 0.310 e. The lowest BCUT2D eigenvalue weighted by atomic mass is 9.58. The van der Waals surface area contributed by atoms with E-state index >= 15 is 0 Å². The van der Waals surface area contributed by atoms with Gasteiger partial charge in [-0.2, -0.15) is 0 Å². The van der Waals surface area contributed by atoms with Gasteiger partial charge in [-0.25, -0.2) is 4.98 Å². The predicted molar refractivity (Wildman–Crippen MR) is 310 cm³/mol. The van der Waals surface area contributed by atoms with Gasteiger partial charge in [-0.1, -0.05) is 214 Å². The fourth-order valence-corrected chi connectivity index (χ4v) is 13.2. The van der Waals surface area contributed by atoms with Gasteiger partial charge in [0, 0.05) is 45.6 Å². The van der Waals surface area contributed by atoms with Gasteiger partial charge < -0.3 is 4.90 Å². The molecule has 0 radical (unpaired) electrons. The Hall–Kier alpha value is -9.31. The van der Waals surface area contributed by atoms with Gasteiger partial charge >= 0.3 is 0 Å². The molecule has 0 aliphatic heterocycles. The third-order valence-corrected chi connectivity index (χ3v) is 16.6. The summed E-state index contributed by atoms with van der Waals surface area (Å²) < 4.78 is 2.30. The molecule has 354 valence electrons. The van der Waals surface area contributed by atoms with Crippen LogP contribution >= 0.6 is 0 Å². The molecule has 11 aromatic carbocycles. The van der Waals surface area contributed by atoms with Crippen molar-refractivity contribution in [1.29, 1.82) is 0 Å². The van der Waals surface area contributed by atoms with E-state index < -0.39 is 0 Å². The molecule has 16 rings (SSSR count). The van der Waals surface area contributed by atoms with Crippen LogP contribution in [-0.2, 0) is 5.41 Å². The number of para-hydroxylation sites is 2. The monoisotopic (exact) mass is 957 g/mol. The normalized spacial score (nSPS) is 15.2. The van der Waals surface area contributed by atoms with Crippen LogP contribution in [-0.4, -0.2) is 9.55 Å². The van der Waals surface area contributed by atoms with E-state index in [1.165, 1.54) is 89.0 Å². The zero-order valence-electron chi connectivity index (χ0n) is 41.8. The molecule has 0 amide bonds. The summed E-state index contributed by atoms with van der Waals surface area (Å²) in [6.07, 6.45) is 0. The topological polar surface area (TPSA) is 21.1 Å². The SMILES string of the molecule is CC1(C)c2ccccc2-c2ccc(N(c3ccc(-c4ccccc4)cc3)c3cccc(-c4ccc(-c5ccc(-n6c(-c7ccccc7)nc7ccccc76)cc5)c5c4C4c6ccccc6C5c5ccccc54)c3)cc21. The van der Waals surface area contributed by atoms with Crippen molar-refractivity contribution in [1.82, 2.24) is 9.55 Å². The molecule has 2 bridgehead atoms. The van der Waals surface area contributed by atoms with E-state index in [0.717, 1.165) is 45.2 Å². The molecule has 4 aliphatic carbocycles. The van der Waals surface area contributed by atoms with Crippen molar-refractivity contribution in [2.45, 2.75) is 31.1 Å². The molecule has 0 spiro atoms. The number of hydrogen-bond acceptors (Lipinski definition) is 2. The van der Waals surface area contributed by atoms with E-state index in [-0.39, 0.29) is 17.3 Å². The van der Waals surface area contributed by atoms with E-state index in [9.17, 15) is 0 Å². The summed E-state index contributed by atoms with van der Waals surface area (Å²) in [5, 5.41) is 0. The van der Waals surface area contributed by atoms with Gasteiger partial charge in [0.15, 0.2) is 0 Å². The fourth-order valence-electron chi connectivity index (χ4n) is 13.2. The van der Waals surface area contributed by atoms with Gasteiger partial charge in [0.2, 0.25) is 0 Å². The van der Waals surface area contributed by atoms with E-state index in [0.29, 0.717) is 0 Å². The number of imidazole rings is 1. The van der Waals surface area contributed by atoms with Gasteiger partial charge in [-0.15, -0.1) is 0 Å². The lowest BCUT2D eigenvalue weighted by Crippen LogP contribution is -2.28. The van der Waals surface area contributed by atoms with E-state index in [2.05, 4.69) is 284 Å². The first-order chi connectivity index (χ1) is 37.0. The Morgan fingerprint density at radius 3 is 1.53 bits per heavy atom. The first kappa shape index (κ1) is 43.3. The number of aromatic nitrogens is 2. The van der Waals surface area contributed by atoms with Crippen molar-refractivity contribution in [3.05, 3.63) is 305 Å². The summed E-state index contributed by atoms with van der Waals surface area (Å²) >= 11 is 0. The highest BCUT2D eigenvalue weighted by atomic mass is 15.1. The van der Waals surface area contributed by atoms with Crippen molar-refractivity contribution < 1.29 is 0 Å². The van der Waals surface area contributed by atoms with Gasteiger partial charge in [-0.05, 0) is 150 Å². The Balaban J connectivity index is 0.900. The summed E-state index contributed by atoms with van der Waals surface area (Å²) in [5.74, 6) is 1.09. The number of anilines is 3. The standard InChI is InChI=1S/C72H51N3/c1-72(2)63-29-14-13-24-57(63)58-41-40-54(45-64(58)72)74(51-36-32-47(33-37-51)46-18-5-3-6-19-46)53-23-17-22-50(44-53)56-43-42-55(69-67-59-25-9-11-27-61(59)68(70(56)69)62-28-12-10-26-60(62)67)48-34-38-52(39-35-48)75-66-31-16-15-30-65(66)73-71(75)49-20-7-4-8-21-49/h3-45,67-68H,1-2H3. The van der Waals surface area contributed by atoms with E-state index in [4.69, 9.17) is 4.98 Å². The van der Waals surface area contributed by atoms with Crippen LogP contribution in [0.3, 0.4) is 0 Å². The minimum Gasteiger partial charge on any atom is -0.310 e. The van der Waals surface area contributed by atoms with Crippen molar-refractivity contribution in [3.8, 4) is 61.6 Å². The second kappa shape index (κ2) is 16.9. The first-order valence-corrected chi connectivity index (χ1v) is 26.3. The van der Waals surface area contributed by atoms with E-state index in [1.807, 2.05) is 0 Å². The maximum Gasteiger partial charge on any atom is 0.145 e. The lowest BCUT2D eigenvalue weighted by molar-refractivity contribution is 0.660. The van der Waals surface area contributed by atoms with Crippen LogP contribution in [0.5, 0.6) is 0 Å². The molecule has 3 nitrogen and oxygen atoms in total. The Kier molecular flexibility index (Phi) is 9.74. The fraction of sp³-hybridized carbons (Fsp3) is 0.0694. The minimum absolute atomic E-state index is 0.0724. The van der Waals surface area contributed by atoms with Crippen LogP contribution in [0.2, 0.25) is 0 Å². The molecule has 0 fully saturated rings. The zero-order chi connectivity index (χ0) is 49.8. The number of benzene rings is 11. The number of hydrogen-bond donors (Lipinski definition) is 0. The maximum absolute atomic E-state index is 5.16. The summed E-state index contributed by atoms with van der Waals surface area (Å²) in [6, 6.07) is 96.5. The lowest BCUT2D eigenvalue weighted by Gasteiger charge is -2.44. The third kappa shape index (κ3) is 6.71. The first-order valence-electron chi connectivity index (χ1n) is 26.3. The predicted octanol–water partition coefficient (Wildman–Crippen LogP) is 18.5. The Labute approximate surface area is 438 Å². The zero-order valence-corrected chi connectivity index (χ0v) is 41.8. The average Bonchev–Trinajstić information content (AvgIpc) is 3.98. The molecular formula is C72H51N3. The van der Waals surface area contributed by atoms with Crippen LogP contribution in [0, 0.1) is 0 Å². The van der Waals surface area contributed by atoms with Gasteiger partial charge in [0.05, 0.1) is 11.0 Å². The van der Waals surface area contributed by atoms with Crippen LogP contribution in [0.25, 0.3) is 72.6 Å². The molecule has 0 saturated heterocycles. The summed E-state index contributed by atoms with van der Waals surface area (Å²) in [5.41, 5.74) is 28.6. The van der Waals surface area contributed by atoms with Crippen molar-refractivity contribution >= 4 is 28.1 Å². The molecule has 1 heterocycles. The van der Waals surface area contributed by atoms with Crippen LogP contribution in [0.4, 0.5) is 17.1 Å². The highest BCUT2D eigenvalue weighted by Gasteiger charge is 2.44. The highest BCUT2D eigenvalue weighted by Crippen LogP contribution is 2.60. The van der Waals surface area contributed by atoms with Gasteiger partial charge in [0.1, 0.15) is 5.82 Å². The highest BCUT2D eigenvalue weighted by molar-refractivity contribution is 5.91. The molecule has 0 atom stereocenters. The molecule has 1 aromatic heterocycles. The van der Waals surface area contributed by atoms with Gasteiger partial charge in [0.25, 0.3) is 0 Å². The van der Waals surface area contributed by atoms with Crippen molar-refractivity contribution in [2.24, 2.45) is 0 Å². The summed E-state index contributed by atoms with van der Waals surface area (Å²) in [7, 11) is 0. The van der Waals surface area contributed by atoms with Crippen LogP contribution in [0.15, 0.2) is 261 Å². The summed E-state index contributed by atoms with van der Waals surface area (Å²) in [6.45, 7) is 4.74. The molecule has 3 heteroatoms. The Morgan fingerprint density at radius 2 is 0.853 bits per heavy atom. The second-order valence-corrected chi connectivity index (χ2v) is 21.0.